The summed E-state index contributed by atoms with van der Waals surface area (Å²) >= 11 is 0. The maximum absolute atomic E-state index is 5.80. The van der Waals surface area contributed by atoms with Crippen molar-refractivity contribution in [3.05, 3.63) is 30.6 Å². The van der Waals surface area contributed by atoms with Crippen molar-refractivity contribution in [3.63, 3.8) is 0 Å². The third-order valence-electron chi connectivity index (χ3n) is 1.71. The molecule has 66 valence electrons. The van der Waals surface area contributed by atoms with Gasteiger partial charge in [-0.2, -0.15) is 5.10 Å². The molecule has 0 aromatic carbocycles. The Morgan fingerprint density at radius 1 is 1.83 bits per heavy atom. The molecular formula is C9H15N3. The van der Waals surface area contributed by atoms with Crippen molar-refractivity contribution in [2.75, 3.05) is 0 Å². The Morgan fingerprint density at radius 2 is 2.58 bits per heavy atom. The zero-order valence-corrected chi connectivity index (χ0v) is 7.40. The summed E-state index contributed by atoms with van der Waals surface area (Å²) in [5.41, 5.74) is 6.85. The number of nitrogens with zero attached hydrogens (tertiary/aromatic N) is 2. The Labute approximate surface area is 72.9 Å². The Bertz CT molecular complexity index is 252. The van der Waals surface area contributed by atoms with E-state index < -0.39 is 0 Å². The van der Waals surface area contributed by atoms with Crippen LogP contribution in [-0.4, -0.2) is 15.8 Å². The van der Waals surface area contributed by atoms with E-state index in [1.54, 1.807) is 4.68 Å². The fourth-order valence-corrected chi connectivity index (χ4v) is 1.14. The second kappa shape index (κ2) is 4.07. The number of nitrogens with two attached hydrogens (primary N) is 1. The van der Waals surface area contributed by atoms with E-state index in [1.807, 2.05) is 25.4 Å². The first kappa shape index (κ1) is 9.00. The molecule has 0 aliphatic rings. The smallest absolute Gasteiger partial charge is 0.0640 e. The first-order valence-electron chi connectivity index (χ1n) is 4.07. The van der Waals surface area contributed by atoms with Crippen LogP contribution in [0.25, 0.3) is 0 Å². The number of hydrogen-bond acceptors (Lipinski definition) is 2. The van der Waals surface area contributed by atoms with Crippen molar-refractivity contribution in [2.24, 2.45) is 12.8 Å². The molecule has 0 aliphatic carbocycles. The van der Waals surface area contributed by atoms with Crippen LogP contribution in [0.5, 0.6) is 0 Å². The molecule has 1 atom stereocenters. The van der Waals surface area contributed by atoms with Gasteiger partial charge in [0.1, 0.15) is 0 Å². The quantitative estimate of drug-likeness (QED) is 0.673. The molecule has 3 nitrogen and oxygen atoms in total. The Kier molecular flexibility index (Phi) is 3.05. The molecule has 3 heteroatoms. The molecule has 1 aromatic rings. The summed E-state index contributed by atoms with van der Waals surface area (Å²) in [5, 5.41) is 4.24. The first-order valence-corrected chi connectivity index (χ1v) is 4.07. The molecule has 0 bridgehead atoms. The highest BCUT2D eigenvalue weighted by Crippen LogP contribution is 2.00. The Hall–Kier alpha value is -1.09. The van der Waals surface area contributed by atoms with E-state index in [0.29, 0.717) is 0 Å². The number of rotatable bonds is 4. The molecule has 1 aromatic heterocycles. The summed E-state index contributed by atoms with van der Waals surface area (Å²) in [4.78, 5) is 0. The summed E-state index contributed by atoms with van der Waals surface area (Å²) in [6.07, 6.45) is 5.44. The van der Waals surface area contributed by atoms with Gasteiger partial charge in [-0.3, -0.25) is 4.68 Å². The van der Waals surface area contributed by atoms with E-state index in [2.05, 4.69) is 11.7 Å². The summed E-state index contributed by atoms with van der Waals surface area (Å²) in [7, 11) is 1.91. The van der Waals surface area contributed by atoms with Gasteiger partial charge in [0.15, 0.2) is 0 Å². The predicted molar refractivity (Wildman–Crippen MR) is 49.7 cm³/mol. The molecule has 0 aliphatic heterocycles. The maximum atomic E-state index is 5.80. The van der Waals surface area contributed by atoms with Crippen molar-refractivity contribution >= 4 is 0 Å². The topological polar surface area (TPSA) is 43.8 Å². The molecule has 1 unspecified atom stereocenters. The van der Waals surface area contributed by atoms with Crippen LogP contribution in [-0.2, 0) is 13.5 Å². The second-order valence-corrected chi connectivity index (χ2v) is 2.97. The van der Waals surface area contributed by atoms with Gasteiger partial charge in [0.05, 0.1) is 5.69 Å². The van der Waals surface area contributed by atoms with Crippen molar-refractivity contribution < 1.29 is 0 Å². The molecule has 12 heavy (non-hydrogen) atoms. The minimum atomic E-state index is 0.150. The number of aromatic nitrogens is 2. The molecule has 1 rings (SSSR count). The van der Waals surface area contributed by atoms with E-state index in [-0.39, 0.29) is 6.04 Å². The van der Waals surface area contributed by atoms with Gasteiger partial charge in [0.25, 0.3) is 0 Å². The lowest BCUT2D eigenvalue weighted by Gasteiger charge is -2.05. The highest BCUT2D eigenvalue weighted by atomic mass is 15.2. The molecule has 0 saturated carbocycles. The maximum Gasteiger partial charge on any atom is 0.0640 e. The van der Waals surface area contributed by atoms with Gasteiger partial charge in [0, 0.05) is 25.7 Å². The van der Waals surface area contributed by atoms with Crippen molar-refractivity contribution in [1.82, 2.24) is 9.78 Å². The lowest BCUT2D eigenvalue weighted by molar-refractivity contribution is 0.649. The first-order chi connectivity index (χ1) is 5.72. The third kappa shape index (κ3) is 2.51. The van der Waals surface area contributed by atoms with Crippen LogP contribution in [0.3, 0.4) is 0 Å². The van der Waals surface area contributed by atoms with Gasteiger partial charge < -0.3 is 5.73 Å². The summed E-state index contributed by atoms with van der Waals surface area (Å²) < 4.78 is 1.79. The van der Waals surface area contributed by atoms with Crippen molar-refractivity contribution in [3.8, 4) is 0 Å². The van der Waals surface area contributed by atoms with Gasteiger partial charge in [-0.05, 0) is 12.5 Å². The summed E-state index contributed by atoms with van der Waals surface area (Å²) in [6.45, 7) is 3.64. The van der Waals surface area contributed by atoms with Gasteiger partial charge in [-0.15, -0.1) is 6.58 Å². The van der Waals surface area contributed by atoms with Crippen LogP contribution < -0.4 is 5.73 Å². The minimum Gasteiger partial charge on any atom is -0.327 e. The SMILES string of the molecule is C=CCC(N)Cc1ccn(C)n1. The average Bonchev–Trinajstić information content (AvgIpc) is 2.36. The van der Waals surface area contributed by atoms with E-state index in [1.165, 1.54) is 0 Å². The Balaban J connectivity index is 2.46. The van der Waals surface area contributed by atoms with Crippen LogP contribution in [0.4, 0.5) is 0 Å². The monoisotopic (exact) mass is 165 g/mol. The largest absolute Gasteiger partial charge is 0.327 e. The molecule has 0 amide bonds. The zero-order valence-electron chi connectivity index (χ0n) is 7.40. The third-order valence-corrected chi connectivity index (χ3v) is 1.71. The van der Waals surface area contributed by atoms with Crippen LogP contribution >= 0.6 is 0 Å². The van der Waals surface area contributed by atoms with Crippen molar-refractivity contribution in [1.29, 1.82) is 0 Å². The van der Waals surface area contributed by atoms with Crippen LogP contribution in [0.2, 0.25) is 0 Å². The lowest BCUT2D eigenvalue weighted by atomic mass is 10.1. The number of hydrogen-bond donors (Lipinski definition) is 1. The van der Waals surface area contributed by atoms with Gasteiger partial charge in [-0.25, -0.2) is 0 Å². The highest BCUT2D eigenvalue weighted by Gasteiger charge is 2.03. The summed E-state index contributed by atoms with van der Waals surface area (Å²) in [5.74, 6) is 0. The zero-order chi connectivity index (χ0) is 8.97. The summed E-state index contributed by atoms with van der Waals surface area (Å²) in [6, 6.07) is 2.14. The van der Waals surface area contributed by atoms with Gasteiger partial charge >= 0.3 is 0 Å². The number of aryl methyl sites for hydroxylation is 1. The molecule has 0 fully saturated rings. The Morgan fingerprint density at radius 3 is 3.08 bits per heavy atom. The molecule has 0 radical (unpaired) electrons. The van der Waals surface area contributed by atoms with Gasteiger partial charge in [0.2, 0.25) is 0 Å². The fourth-order valence-electron chi connectivity index (χ4n) is 1.14. The average molecular weight is 165 g/mol. The molecule has 0 saturated heterocycles. The normalized spacial score (nSPS) is 12.8. The van der Waals surface area contributed by atoms with E-state index >= 15 is 0 Å². The standard InChI is InChI=1S/C9H15N3/c1-3-4-8(10)7-9-5-6-12(2)11-9/h3,5-6,8H,1,4,7,10H2,2H3. The van der Waals surface area contributed by atoms with Crippen LogP contribution in [0.15, 0.2) is 24.9 Å². The lowest BCUT2D eigenvalue weighted by Crippen LogP contribution is -2.22. The predicted octanol–water partition coefficient (Wildman–Crippen LogP) is 0.866. The van der Waals surface area contributed by atoms with E-state index in [9.17, 15) is 0 Å². The fraction of sp³-hybridized carbons (Fsp3) is 0.444. The second-order valence-electron chi connectivity index (χ2n) is 2.97. The minimum absolute atomic E-state index is 0.150. The molecular weight excluding hydrogens is 150 g/mol. The molecule has 2 N–H and O–H groups in total. The molecule has 1 heterocycles. The van der Waals surface area contributed by atoms with Crippen LogP contribution in [0, 0.1) is 0 Å². The molecule has 0 spiro atoms. The van der Waals surface area contributed by atoms with E-state index in [0.717, 1.165) is 18.5 Å². The van der Waals surface area contributed by atoms with Crippen molar-refractivity contribution in [2.45, 2.75) is 18.9 Å². The highest BCUT2D eigenvalue weighted by molar-refractivity contribution is 5.01. The van der Waals surface area contributed by atoms with E-state index in [4.69, 9.17) is 5.73 Å². The van der Waals surface area contributed by atoms with Crippen LogP contribution in [0.1, 0.15) is 12.1 Å². The van der Waals surface area contributed by atoms with Gasteiger partial charge in [-0.1, -0.05) is 6.08 Å².